The first-order valence-corrected chi connectivity index (χ1v) is 17.7. The van der Waals surface area contributed by atoms with Crippen LogP contribution in [0.4, 0.5) is 4.79 Å². The fraction of sp³-hybridized carbons (Fsp3) is 0.784. The largest absolute Gasteiger partial charge is 0.457 e. The molecule has 10 unspecified atom stereocenters. The van der Waals surface area contributed by atoms with Gasteiger partial charge in [0.15, 0.2) is 6.10 Å². The number of allylic oxidation sites excluding steroid dienone is 2. The van der Waals surface area contributed by atoms with E-state index in [-0.39, 0.29) is 37.5 Å². The quantitative estimate of drug-likeness (QED) is 0.123. The number of nitrogens with zero attached hydrogens (tertiary/aromatic N) is 2. The lowest BCUT2D eigenvalue weighted by Gasteiger charge is -2.38. The van der Waals surface area contributed by atoms with Gasteiger partial charge in [-0.1, -0.05) is 52.0 Å². The van der Waals surface area contributed by atoms with Crippen LogP contribution in [0.2, 0.25) is 0 Å². The van der Waals surface area contributed by atoms with Gasteiger partial charge in [-0.15, -0.1) is 0 Å². The van der Waals surface area contributed by atoms with Crippen LogP contribution in [-0.4, -0.2) is 121 Å². The number of piperazine rings is 1. The van der Waals surface area contributed by atoms with E-state index >= 15 is 0 Å². The second-order valence-corrected chi connectivity index (χ2v) is 14.9. The molecule has 0 saturated carbocycles. The number of hydrogen-bond acceptors (Lipinski definition) is 10. The Morgan fingerprint density at radius 3 is 2.31 bits per heavy atom. The summed E-state index contributed by atoms with van der Waals surface area (Å²) in [5, 5.41) is 54.0. The maximum Gasteiger partial charge on any atom is 0.410 e. The third kappa shape index (κ3) is 12.9. The summed E-state index contributed by atoms with van der Waals surface area (Å²) in [6.07, 6.45) is 4.24. The molecule has 1 saturated heterocycles. The molecule has 2 aliphatic heterocycles. The van der Waals surface area contributed by atoms with Crippen molar-refractivity contribution >= 4 is 12.1 Å². The van der Waals surface area contributed by atoms with Crippen LogP contribution in [0.25, 0.3) is 0 Å². The minimum atomic E-state index is -1.50. The number of aliphatic hydroxyl groups excluding tert-OH is 3. The Bertz CT molecular complexity index is 1110. The number of aliphatic hydroxyl groups is 5. The van der Waals surface area contributed by atoms with E-state index in [2.05, 4.69) is 18.7 Å². The summed E-state index contributed by atoms with van der Waals surface area (Å²) >= 11 is 0. The van der Waals surface area contributed by atoms with Gasteiger partial charge in [-0.25, -0.2) is 4.79 Å². The zero-order valence-electron chi connectivity index (χ0n) is 30.7. The summed E-state index contributed by atoms with van der Waals surface area (Å²) in [7, 11) is 0. The lowest BCUT2D eigenvalue weighted by molar-refractivity contribution is -0.151. The number of rotatable bonds is 11. The van der Waals surface area contributed by atoms with E-state index in [1.807, 2.05) is 27.7 Å². The fourth-order valence-electron chi connectivity index (χ4n) is 6.31. The van der Waals surface area contributed by atoms with E-state index in [9.17, 15) is 35.1 Å². The molecule has 2 heterocycles. The summed E-state index contributed by atoms with van der Waals surface area (Å²) < 4.78 is 11.7. The number of carbonyl (C=O) groups is 2. The molecule has 11 nitrogen and oxygen atoms in total. The molecule has 0 aliphatic carbocycles. The molecule has 0 aromatic carbocycles. The number of esters is 1. The molecule has 0 radical (unpaired) electrons. The minimum Gasteiger partial charge on any atom is -0.457 e. The highest BCUT2D eigenvalue weighted by molar-refractivity contribution is 5.70. The monoisotopic (exact) mass is 680 g/mol. The highest BCUT2D eigenvalue weighted by atomic mass is 16.6. The van der Waals surface area contributed by atoms with Crippen molar-refractivity contribution in [2.45, 2.75) is 142 Å². The Balaban J connectivity index is 2.25. The van der Waals surface area contributed by atoms with Crippen molar-refractivity contribution in [2.75, 3.05) is 26.2 Å². The zero-order valence-corrected chi connectivity index (χ0v) is 30.7. The minimum absolute atomic E-state index is 0.0707. The Labute approximate surface area is 288 Å². The van der Waals surface area contributed by atoms with E-state index in [0.717, 1.165) is 13.1 Å². The average molecular weight is 681 g/mol. The molecule has 48 heavy (non-hydrogen) atoms. The maximum atomic E-state index is 13.2. The predicted molar refractivity (Wildman–Crippen MR) is 186 cm³/mol. The van der Waals surface area contributed by atoms with E-state index in [1.165, 1.54) is 0 Å². The van der Waals surface area contributed by atoms with Gasteiger partial charge in [0.05, 0.1) is 30.3 Å². The van der Waals surface area contributed by atoms with Crippen molar-refractivity contribution in [3.05, 3.63) is 36.0 Å². The smallest absolute Gasteiger partial charge is 0.410 e. The highest BCUT2D eigenvalue weighted by Gasteiger charge is 2.37. The van der Waals surface area contributed by atoms with Crippen LogP contribution in [0.5, 0.6) is 0 Å². The first kappa shape index (κ1) is 41.9. The zero-order chi connectivity index (χ0) is 36.4. The van der Waals surface area contributed by atoms with Crippen molar-refractivity contribution in [3.63, 3.8) is 0 Å². The van der Waals surface area contributed by atoms with Crippen molar-refractivity contribution < 1.29 is 44.6 Å². The summed E-state index contributed by atoms with van der Waals surface area (Å²) in [6.45, 7) is 19.2. The number of ether oxygens (including phenoxy) is 2. The molecular weight excluding hydrogens is 616 g/mol. The summed E-state index contributed by atoms with van der Waals surface area (Å²) in [5.41, 5.74) is -2.18. The van der Waals surface area contributed by atoms with Crippen LogP contribution in [0.15, 0.2) is 36.0 Å². The van der Waals surface area contributed by atoms with Crippen LogP contribution in [-0.2, 0) is 14.3 Å². The Hall–Kier alpha value is -2.28. The number of carbonyl (C=O) groups excluding carboxylic acids is 2. The van der Waals surface area contributed by atoms with Gasteiger partial charge < -0.3 is 39.9 Å². The van der Waals surface area contributed by atoms with Gasteiger partial charge in [0.1, 0.15) is 11.7 Å². The Morgan fingerprint density at radius 2 is 1.73 bits per heavy atom. The second-order valence-electron chi connectivity index (χ2n) is 14.9. The van der Waals surface area contributed by atoms with Crippen LogP contribution < -0.4 is 0 Å². The summed E-state index contributed by atoms with van der Waals surface area (Å²) in [5.74, 6) is -1.35. The molecule has 11 heteroatoms. The van der Waals surface area contributed by atoms with Gasteiger partial charge in [0, 0.05) is 44.6 Å². The topological polar surface area (TPSA) is 160 Å². The molecule has 0 spiro atoms. The summed E-state index contributed by atoms with van der Waals surface area (Å²) in [4.78, 5) is 30.0. The van der Waals surface area contributed by atoms with Gasteiger partial charge in [0.25, 0.3) is 0 Å². The molecule has 1 fully saturated rings. The van der Waals surface area contributed by atoms with Gasteiger partial charge >= 0.3 is 12.1 Å². The lowest BCUT2D eigenvalue weighted by atomic mass is 9.81. The van der Waals surface area contributed by atoms with E-state index in [1.54, 1.807) is 56.1 Å². The predicted octanol–water partition coefficient (Wildman–Crippen LogP) is 3.97. The molecule has 0 bridgehead atoms. The van der Waals surface area contributed by atoms with Gasteiger partial charge in [-0.3, -0.25) is 9.69 Å². The first-order chi connectivity index (χ1) is 22.3. The van der Waals surface area contributed by atoms with Crippen LogP contribution in [0.1, 0.15) is 94.4 Å². The van der Waals surface area contributed by atoms with Gasteiger partial charge in [0.2, 0.25) is 0 Å². The van der Waals surface area contributed by atoms with Crippen molar-refractivity contribution in [2.24, 2.45) is 17.8 Å². The molecular formula is C37H64N2O9. The molecule has 1 amide bonds. The maximum absolute atomic E-state index is 13.2. The molecule has 276 valence electrons. The fourth-order valence-corrected chi connectivity index (χ4v) is 6.31. The molecule has 2 aliphatic rings. The van der Waals surface area contributed by atoms with E-state index in [0.29, 0.717) is 31.1 Å². The van der Waals surface area contributed by atoms with Crippen LogP contribution in [0, 0.1) is 17.8 Å². The van der Waals surface area contributed by atoms with Crippen molar-refractivity contribution in [1.82, 2.24) is 9.80 Å². The number of cyclic esters (lactones) is 1. The van der Waals surface area contributed by atoms with Crippen LogP contribution >= 0.6 is 0 Å². The SMILES string of the molecule is CCC(O)C(C)C(C)C(O)CC(C)(O)/C=C/C=C(\C)C1OC(=O)CC(O)CCC(C)(O)C(OC(=O)N2CCN(C(C)C)CC2)/C=C/C1C. The average Bonchev–Trinajstić information content (AvgIpc) is 3.02. The van der Waals surface area contributed by atoms with Gasteiger partial charge in [-0.05, 0) is 77.4 Å². The number of hydrogen-bond donors (Lipinski definition) is 5. The summed E-state index contributed by atoms with van der Waals surface area (Å²) in [6, 6.07) is 0.381. The normalized spacial score (nSPS) is 31.6. The van der Waals surface area contributed by atoms with Gasteiger partial charge in [-0.2, -0.15) is 0 Å². The molecule has 0 aromatic heterocycles. The third-order valence-electron chi connectivity index (χ3n) is 10.2. The van der Waals surface area contributed by atoms with Crippen molar-refractivity contribution in [1.29, 1.82) is 0 Å². The molecule has 0 aromatic rings. The molecule has 5 N–H and O–H groups in total. The molecule has 10 atom stereocenters. The second kappa shape index (κ2) is 18.6. The molecule has 2 rings (SSSR count). The Kier molecular flexibility index (Phi) is 16.3. The van der Waals surface area contributed by atoms with E-state index < -0.39 is 59.7 Å². The highest BCUT2D eigenvalue weighted by Crippen LogP contribution is 2.29. The third-order valence-corrected chi connectivity index (χ3v) is 10.2. The van der Waals surface area contributed by atoms with Crippen molar-refractivity contribution in [3.8, 4) is 0 Å². The van der Waals surface area contributed by atoms with Crippen LogP contribution in [0.3, 0.4) is 0 Å². The number of amides is 1. The first-order valence-electron chi connectivity index (χ1n) is 17.7. The Morgan fingerprint density at radius 1 is 1.12 bits per heavy atom. The lowest BCUT2D eigenvalue weighted by Crippen LogP contribution is -2.52. The van der Waals surface area contributed by atoms with E-state index in [4.69, 9.17) is 9.47 Å². The standard InChI is InChI=1S/C37H64N2O9/c1-10-30(41)27(6)28(7)31(42)23-36(8,45)16-11-12-25(4)34-26(5)13-14-32(37(9,46)17-15-29(40)22-33(43)48-34)47-35(44)39-20-18-38(19-21-39)24(2)3/h11-14,16,24,26-32,34,40-42,45-46H,10,15,17-23H2,1-9H3/b14-13+,16-11+,25-12+.